The molecule has 0 radical (unpaired) electrons. The zero-order chi connectivity index (χ0) is 14.1. The molecule has 20 heavy (non-hydrogen) atoms. The highest BCUT2D eigenvalue weighted by molar-refractivity contribution is 6.32. The minimum absolute atomic E-state index is 0.239. The number of halogens is 1. The maximum Gasteiger partial charge on any atom is 0.280 e. The fraction of sp³-hybridized carbons (Fsp3) is 0.0667. The Kier molecular flexibility index (Phi) is 3.16. The lowest BCUT2D eigenvalue weighted by atomic mass is 10.2. The summed E-state index contributed by atoms with van der Waals surface area (Å²) in [4.78, 5) is 15.6. The van der Waals surface area contributed by atoms with Crippen LogP contribution in [-0.2, 0) is 0 Å². The Hall–Kier alpha value is -2.33. The molecule has 0 aliphatic heterocycles. The number of para-hydroxylation sites is 1. The van der Waals surface area contributed by atoms with Gasteiger partial charge in [0, 0.05) is 5.69 Å². The normalized spacial score (nSPS) is 10.7. The second-order valence-corrected chi connectivity index (χ2v) is 4.66. The summed E-state index contributed by atoms with van der Waals surface area (Å²) < 4.78 is 6.96. The van der Waals surface area contributed by atoms with Crippen LogP contribution in [0.4, 0.5) is 0 Å². The van der Waals surface area contributed by atoms with Gasteiger partial charge in [-0.05, 0) is 30.3 Å². The minimum atomic E-state index is -0.239. The van der Waals surface area contributed by atoms with E-state index in [9.17, 15) is 4.79 Å². The molecule has 0 fully saturated rings. The van der Waals surface area contributed by atoms with E-state index in [-0.39, 0.29) is 5.56 Å². The van der Waals surface area contributed by atoms with Gasteiger partial charge >= 0.3 is 0 Å². The van der Waals surface area contributed by atoms with E-state index in [1.165, 1.54) is 6.33 Å². The number of ether oxygens (including phenoxy) is 1. The third-order valence-corrected chi connectivity index (χ3v) is 3.39. The summed E-state index contributed by atoms with van der Waals surface area (Å²) in [7, 11) is 1.57. The maximum absolute atomic E-state index is 11.8. The number of nitrogens with zero attached hydrogens (tertiary/aromatic N) is 2. The first-order valence-corrected chi connectivity index (χ1v) is 6.39. The van der Waals surface area contributed by atoms with E-state index in [1.807, 2.05) is 28.8 Å². The number of rotatable bonds is 2. The van der Waals surface area contributed by atoms with E-state index in [4.69, 9.17) is 16.3 Å². The summed E-state index contributed by atoms with van der Waals surface area (Å²) in [6.45, 7) is 0. The highest BCUT2D eigenvalue weighted by atomic mass is 35.5. The van der Waals surface area contributed by atoms with Gasteiger partial charge in [0.2, 0.25) is 0 Å². The highest BCUT2D eigenvalue weighted by Gasteiger charge is 2.07. The molecule has 0 unspecified atom stereocenters. The van der Waals surface area contributed by atoms with Gasteiger partial charge in [-0.3, -0.25) is 4.79 Å². The summed E-state index contributed by atoms with van der Waals surface area (Å²) in [6.07, 6.45) is 1.50. The number of hydrogen-bond acceptors (Lipinski definition) is 3. The van der Waals surface area contributed by atoms with Crippen LogP contribution in [0.2, 0.25) is 5.02 Å². The summed E-state index contributed by atoms with van der Waals surface area (Å²) in [5, 5.41) is 1.08. The largest absolute Gasteiger partial charge is 0.495 e. The summed E-state index contributed by atoms with van der Waals surface area (Å²) >= 11 is 6.14. The Balaban J connectivity index is 2.27. The van der Waals surface area contributed by atoms with Crippen molar-refractivity contribution < 1.29 is 4.74 Å². The lowest BCUT2D eigenvalue weighted by molar-refractivity contribution is 0.415. The Morgan fingerprint density at radius 1 is 1.20 bits per heavy atom. The molecule has 0 atom stereocenters. The molecule has 3 rings (SSSR count). The molecule has 0 aliphatic rings. The third-order valence-electron chi connectivity index (χ3n) is 3.10. The molecular weight excluding hydrogens is 276 g/mol. The molecule has 0 amide bonds. The first-order chi connectivity index (χ1) is 9.70. The Labute approximate surface area is 120 Å². The number of methoxy groups -OCH3 is 1. The van der Waals surface area contributed by atoms with Crippen molar-refractivity contribution in [3.8, 4) is 11.4 Å². The fourth-order valence-electron chi connectivity index (χ4n) is 2.12. The summed E-state index contributed by atoms with van der Waals surface area (Å²) in [5.41, 5.74) is 1.37. The zero-order valence-corrected chi connectivity index (χ0v) is 11.5. The third kappa shape index (κ3) is 2.04. The van der Waals surface area contributed by atoms with Crippen molar-refractivity contribution in [2.24, 2.45) is 0 Å². The van der Waals surface area contributed by atoms with E-state index < -0.39 is 0 Å². The van der Waals surface area contributed by atoms with Gasteiger partial charge in [-0.2, -0.15) is 4.98 Å². The fourth-order valence-corrected chi connectivity index (χ4v) is 2.37. The van der Waals surface area contributed by atoms with Gasteiger partial charge in [0.05, 0.1) is 23.0 Å². The van der Waals surface area contributed by atoms with Crippen molar-refractivity contribution in [3.05, 3.63) is 64.2 Å². The summed E-state index contributed by atoms with van der Waals surface area (Å²) in [5.74, 6) is 0.605. The Bertz CT molecular complexity index is 843. The quantitative estimate of drug-likeness (QED) is 0.727. The predicted octanol–water partition coefficient (Wildman–Crippen LogP) is 3.05. The number of fused-ring (bicyclic) bond motifs is 1. The molecule has 0 aliphatic carbocycles. The molecule has 0 bridgehead atoms. The lowest BCUT2D eigenvalue weighted by Gasteiger charge is -2.11. The van der Waals surface area contributed by atoms with Crippen LogP contribution in [0.3, 0.4) is 0 Å². The molecule has 0 spiro atoms. The summed E-state index contributed by atoms with van der Waals surface area (Å²) in [6, 6.07) is 12.7. The van der Waals surface area contributed by atoms with Crippen molar-refractivity contribution in [1.29, 1.82) is 0 Å². The van der Waals surface area contributed by atoms with Gasteiger partial charge in [-0.1, -0.05) is 23.7 Å². The van der Waals surface area contributed by atoms with E-state index in [2.05, 4.69) is 4.98 Å². The standard InChI is InChI=1S/C15H11ClN2O2/c1-20-14-7-6-10(8-12(14)16)18-9-17-15(19)11-4-2-3-5-13(11)18/h2-9H,1H3. The second kappa shape index (κ2) is 4.98. The van der Waals surface area contributed by atoms with E-state index >= 15 is 0 Å². The van der Waals surface area contributed by atoms with Gasteiger partial charge in [0.25, 0.3) is 5.56 Å². The van der Waals surface area contributed by atoms with Crippen LogP contribution in [0.15, 0.2) is 53.6 Å². The Morgan fingerprint density at radius 2 is 2.00 bits per heavy atom. The van der Waals surface area contributed by atoms with Crippen LogP contribution in [0, 0.1) is 0 Å². The minimum Gasteiger partial charge on any atom is -0.495 e. The van der Waals surface area contributed by atoms with Crippen LogP contribution in [-0.4, -0.2) is 16.7 Å². The van der Waals surface area contributed by atoms with Gasteiger partial charge in [-0.15, -0.1) is 0 Å². The zero-order valence-electron chi connectivity index (χ0n) is 10.7. The molecular formula is C15H11ClN2O2. The predicted molar refractivity (Wildman–Crippen MR) is 78.9 cm³/mol. The smallest absolute Gasteiger partial charge is 0.280 e. The second-order valence-electron chi connectivity index (χ2n) is 4.26. The molecule has 1 aromatic heterocycles. The SMILES string of the molecule is COc1ccc(-n2cnc(=O)c3ccccc32)cc1Cl. The van der Waals surface area contributed by atoms with Crippen molar-refractivity contribution in [2.75, 3.05) is 7.11 Å². The molecule has 1 heterocycles. The van der Waals surface area contributed by atoms with Crippen LogP contribution in [0.5, 0.6) is 5.75 Å². The van der Waals surface area contributed by atoms with Gasteiger partial charge < -0.3 is 9.30 Å². The first kappa shape index (κ1) is 12.7. The maximum atomic E-state index is 11.8. The van der Waals surface area contributed by atoms with Crippen LogP contribution < -0.4 is 10.3 Å². The molecule has 0 N–H and O–H groups in total. The average molecular weight is 287 g/mol. The Morgan fingerprint density at radius 3 is 2.75 bits per heavy atom. The van der Waals surface area contributed by atoms with Crippen molar-refractivity contribution in [1.82, 2.24) is 9.55 Å². The number of benzene rings is 2. The van der Waals surface area contributed by atoms with Gasteiger partial charge in [-0.25, -0.2) is 0 Å². The monoisotopic (exact) mass is 286 g/mol. The molecule has 0 saturated heterocycles. The number of aromatic nitrogens is 2. The molecule has 0 saturated carbocycles. The topological polar surface area (TPSA) is 44.1 Å². The van der Waals surface area contributed by atoms with Crippen molar-refractivity contribution in [3.63, 3.8) is 0 Å². The van der Waals surface area contributed by atoms with E-state index in [1.54, 1.807) is 25.3 Å². The molecule has 3 aromatic rings. The number of hydrogen-bond donors (Lipinski definition) is 0. The first-order valence-electron chi connectivity index (χ1n) is 6.01. The molecule has 5 heteroatoms. The molecule has 4 nitrogen and oxygen atoms in total. The van der Waals surface area contributed by atoms with Crippen LogP contribution >= 0.6 is 11.6 Å². The lowest BCUT2D eigenvalue weighted by Crippen LogP contribution is -2.11. The van der Waals surface area contributed by atoms with E-state index in [0.29, 0.717) is 16.2 Å². The van der Waals surface area contributed by atoms with Gasteiger partial charge in [0.1, 0.15) is 12.1 Å². The van der Waals surface area contributed by atoms with Crippen LogP contribution in [0.25, 0.3) is 16.6 Å². The van der Waals surface area contributed by atoms with E-state index in [0.717, 1.165) is 11.2 Å². The van der Waals surface area contributed by atoms with Crippen LogP contribution in [0.1, 0.15) is 0 Å². The van der Waals surface area contributed by atoms with Crippen molar-refractivity contribution in [2.45, 2.75) is 0 Å². The molecule has 2 aromatic carbocycles. The van der Waals surface area contributed by atoms with Gasteiger partial charge in [0.15, 0.2) is 0 Å². The highest BCUT2D eigenvalue weighted by Crippen LogP contribution is 2.27. The average Bonchev–Trinajstić information content (AvgIpc) is 2.48. The van der Waals surface area contributed by atoms with Crippen molar-refractivity contribution >= 4 is 22.5 Å². The molecule has 100 valence electrons.